The van der Waals surface area contributed by atoms with Crippen LogP contribution in [0.5, 0.6) is 0 Å². The molecule has 98 valence electrons. The van der Waals surface area contributed by atoms with E-state index < -0.39 is 0 Å². The minimum Gasteiger partial charge on any atom is -0.463 e. The smallest absolute Gasteiger partial charge is 0.187 e. The molecule has 2 rings (SSSR count). The summed E-state index contributed by atoms with van der Waals surface area (Å²) in [5.74, 6) is 0.721. The Bertz CT molecular complexity index is 549. The predicted octanol–water partition coefficient (Wildman–Crippen LogP) is 2.67. The standard InChI is InChI=1S/C14H15N3OS/c1-11(13-8-5-9-18-13)16-17-14(19)15-10-12-6-3-2-4-7-12/h2-9H,10H2,1H3,(H2,15,17,19)/b16-11+. The Morgan fingerprint density at radius 1 is 1.21 bits per heavy atom. The van der Waals surface area contributed by atoms with E-state index in [0.717, 1.165) is 11.5 Å². The van der Waals surface area contributed by atoms with E-state index in [1.165, 1.54) is 5.56 Å². The van der Waals surface area contributed by atoms with Crippen LogP contribution >= 0.6 is 12.2 Å². The van der Waals surface area contributed by atoms with E-state index in [0.29, 0.717) is 11.7 Å². The van der Waals surface area contributed by atoms with Crippen molar-refractivity contribution in [3.63, 3.8) is 0 Å². The van der Waals surface area contributed by atoms with Gasteiger partial charge in [0.2, 0.25) is 0 Å². The summed E-state index contributed by atoms with van der Waals surface area (Å²) in [7, 11) is 0. The van der Waals surface area contributed by atoms with Gasteiger partial charge in [0.15, 0.2) is 5.11 Å². The molecular weight excluding hydrogens is 258 g/mol. The van der Waals surface area contributed by atoms with Crippen LogP contribution in [0.1, 0.15) is 18.2 Å². The van der Waals surface area contributed by atoms with Gasteiger partial charge in [0.05, 0.1) is 6.26 Å². The molecule has 5 heteroatoms. The van der Waals surface area contributed by atoms with Gasteiger partial charge in [-0.2, -0.15) is 5.10 Å². The van der Waals surface area contributed by atoms with Crippen LogP contribution in [0.15, 0.2) is 58.2 Å². The van der Waals surface area contributed by atoms with Crippen LogP contribution < -0.4 is 10.7 Å². The zero-order valence-corrected chi connectivity index (χ0v) is 11.4. The summed E-state index contributed by atoms with van der Waals surface area (Å²) in [6.45, 7) is 2.52. The molecule has 4 nitrogen and oxygen atoms in total. The summed E-state index contributed by atoms with van der Waals surface area (Å²) in [6.07, 6.45) is 1.61. The fourth-order valence-corrected chi connectivity index (χ4v) is 1.61. The van der Waals surface area contributed by atoms with Gasteiger partial charge in [-0.05, 0) is 36.8 Å². The quantitative estimate of drug-likeness (QED) is 0.511. The molecule has 0 fully saturated rings. The molecule has 1 heterocycles. The second kappa shape index (κ2) is 6.70. The monoisotopic (exact) mass is 273 g/mol. The Balaban J connectivity index is 1.80. The van der Waals surface area contributed by atoms with Crippen molar-refractivity contribution in [3.8, 4) is 0 Å². The highest BCUT2D eigenvalue weighted by Gasteiger charge is 2.00. The summed E-state index contributed by atoms with van der Waals surface area (Å²) >= 11 is 5.14. The Hall–Kier alpha value is -2.14. The molecule has 0 aliphatic heterocycles. The lowest BCUT2D eigenvalue weighted by atomic mass is 10.2. The summed E-state index contributed by atoms with van der Waals surface area (Å²) in [5, 5.41) is 7.71. The summed E-state index contributed by atoms with van der Waals surface area (Å²) < 4.78 is 5.22. The SMILES string of the molecule is C/C(=N\NC(=S)NCc1ccccc1)c1ccco1. The van der Waals surface area contributed by atoms with Crippen molar-refractivity contribution in [2.24, 2.45) is 5.10 Å². The first-order valence-corrected chi connectivity index (χ1v) is 6.32. The number of hydrogen-bond donors (Lipinski definition) is 2. The molecule has 1 aromatic carbocycles. The van der Waals surface area contributed by atoms with Crippen LogP contribution in [0.3, 0.4) is 0 Å². The van der Waals surface area contributed by atoms with E-state index in [2.05, 4.69) is 15.8 Å². The predicted molar refractivity (Wildman–Crippen MR) is 79.9 cm³/mol. The third-order valence-electron chi connectivity index (χ3n) is 2.50. The van der Waals surface area contributed by atoms with E-state index in [1.54, 1.807) is 6.26 Å². The first-order valence-electron chi connectivity index (χ1n) is 5.91. The number of furan rings is 1. The van der Waals surface area contributed by atoms with Crippen LogP contribution in [0.2, 0.25) is 0 Å². The van der Waals surface area contributed by atoms with E-state index >= 15 is 0 Å². The highest BCUT2D eigenvalue weighted by molar-refractivity contribution is 7.80. The van der Waals surface area contributed by atoms with Crippen molar-refractivity contribution in [1.82, 2.24) is 10.7 Å². The van der Waals surface area contributed by atoms with E-state index in [1.807, 2.05) is 49.4 Å². The Morgan fingerprint density at radius 3 is 2.68 bits per heavy atom. The van der Waals surface area contributed by atoms with Crippen molar-refractivity contribution in [2.45, 2.75) is 13.5 Å². The molecule has 2 aromatic rings. The Morgan fingerprint density at radius 2 is 2.00 bits per heavy atom. The van der Waals surface area contributed by atoms with Gasteiger partial charge in [-0.3, -0.25) is 5.43 Å². The number of benzene rings is 1. The van der Waals surface area contributed by atoms with E-state index in [-0.39, 0.29) is 0 Å². The minimum absolute atomic E-state index is 0.481. The molecule has 0 amide bonds. The lowest BCUT2D eigenvalue weighted by molar-refractivity contribution is 0.556. The zero-order valence-electron chi connectivity index (χ0n) is 10.6. The number of nitrogens with one attached hydrogen (secondary N) is 2. The largest absolute Gasteiger partial charge is 0.463 e. The number of nitrogens with zero attached hydrogens (tertiary/aromatic N) is 1. The van der Waals surface area contributed by atoms with E-state index in [9.17, 15) is 0 Å². The van der Waals surface area contributed by atoms with Gasteiger partial charge < -0.3 is 9.73 Å². The topological polar surface area (TPSA) is 49.6 Å². The third-order valence-corrected chi connectivity index (χ3v) is 2.73. The van der Waals surface area contributed by atoms with Crippen LogP contribution in [-0.2, 0) is 6.54 Å². The molecule has 0 saturated heterocycles. The lowest BCUT2D eigenvalue weighted by Crippen LogP contribution is -2.32. The zero-order chi connectivity index (χ0) is 13.5. The molecule has 0 atom stereocenters. The fourth-order valence-electron chi connectivity index (χ4n) is 1.49. The minimum atomic E-state index is 0.481. The molecular formula is C14H15N3OS. The Kier molecular flexibility index (Phi) is 4.69. The molecule has 0 bridgehead atoms. The van der Waals surface area contributed by atoms with Gasteiger partial charge in [-0.25, -0.2) is 0 Å². The van der Waals surface area contributed by atoms with Gasteiger partial charge in [0.1, 0.15) is 11.5 Å². The molecule has 0 aliphatic carbocycles. The van der Waals surface area contributed by atoms with Crippen molar-refractivity contribution in [1.29, 1.82) is 0 Å². The molecule has 0 radical (unpaired) electrons. The van der Waals surface area contributed by atoms with Crippen LogP contribution in [0.4, 0.5) is 0 Å². The highest BCUT2D eigenvalue weighted by atomic mass is 32.1. The Labute approximate surface area is 117 Å². The molecule has 0 aliphatic rings. The first kappa shape index (κ1) is 13.3. The fraction of sp³-hybridized carbons (Fsp3) is 0.143. The maximum Gasteiger partial charge on any atom is 0.187 e. The average molecular weight is 273 g/mol. The highest BCUT2D eigenvalue weighted by Crippen LogP contribution is 2.01. The van der Waals surface area contributed by atoms with Crippen LogP contribution in [-0.4, -0.2) is 10.8 Å². The molecule has 0 unspecified atom stereocenters. The van der Waals surface area contributed by atoms with Crippen molar-refractivity contribution in [2.75, 3.05) is 0 Å². The van der Waals surface area contributed by atoms with Crippen LogP contribution in [0, 0.1) is 0 Å². The molecule has 2 N–H and O–H groups in total. The summed E-state index contributed by atoms with van der Waals surface area (Å²) in [4.78, 5) is 0. The maximum absolute atomic E-state index is 5.22. The van der Waals surface area contributed by atoms with Crippen molar-refractivity contribution in [3.05, 3.63) is 60.1 Å². The van der Waals surface area contributed by atoms with Crippen molar-refractivity contribution >= 4 is 23.0 Å². The molecule has 19 heavy (non-hydrogen) atoms. The first-order chi connectivity index (χ1) is 9.25. The van der Waals surface area contributed by atoms with Gasteiger partial charge in [0, 0.05) is 6.54 Å². The molecule has 1 aromatic heterocycles. The van der Waals surface area contributed by atoms with E-state index in [4.69, 9.17) is 16.6 Å². The second-order valence-corrected chi connectivity index (χ2v) is 4.36. The number of rotatable bonds is 4. The lowest BCUT2D eigenvalue weighted by Gasteiger charge is -2.07. The van der Waals surface area contributed by atoms with Gasteiger partial charge in [0.25, 0.3) is 0 Å². The summed E-state index contributed by atoms with van der Waals surface area (Å²) in [6, 6.07) is 13.7. The molecule has 0 saturated carbocycles. The number of hydrazone groups is 1. The maximum atomic E-state index is 5.22. The second-order valence-electron chi connectivity index (χ2n) is 3.95. The number of thiocarbonyl (C=S) groups is 1. The average Bonchev–Trinajstić information content (AvgIpc) is 2.98. The normalized spacial score (nSPS) is 11.1. The van der Waals surface area contributed by atoms with Crippen LogP contribution in [0.25, 0.3) is 0 Å². The van der Waals surface area contributed by atoms with Crippen molar-refractivity contribution < 1.29 is 4.42 Å². The van der Waals surface area contributed by atoms with Gasteiger partial charge in [-0.1, -0.05) is 30.3 Å². The number of hydrogen-bond acceptors (Lipinski definition) is 3. The molecule has 0 spiro atoms. The van der Waals surface area contributed by atoms with Gasteiger partial charge in [-0.15, -0.1) is 0 Å². The summed E-state index contributed by atoms with van der Waals surface area (Å²) in [5.41, 5.74) is 4.70. The third kappa shape index (κ3) is 4.22. The van der Waals surface area contributed by atoms with Gasteiger partial charge >= 0.3 is 0 Å².